The molecule has 3 saturated heterocycles. The molecule has 192 valence electrons. The fourth-order valence-corrected chi connectivity index (χ4v) is 4.84. The highest BCUT2D eigenvalue weighted by atomic mass is 35.5. The Labute approximate surface area is 209 Å². The van der Waals surface area contributed by atoms with Crippen LogP contribution in [0.1, 0.15) is 11.3 Å². The number of nitrogens with one attached hydrogen (secondary N) is 1. The van der Waals surface area contributed by atoms with Gasteiger partial charge in [-0.25, -0.2) is 13.8 Å². The number of aromatic nitrogens is 3. The maximum absolute atomic E-state index is 14.6. The zero-order valence-corrected chi connectivity index (χ0v) is 19.8. The lowest BCUT2D eigenvalue weighted by Gasteiger charge is -2.25. The molecule has 12 heteroatoms. The van der Waals surface area contributed by atoms with Gasteiger partial charge in [-0.05, 0) is 18.9 Å². The number of aliphatic hydroxyl groups is 1. The lowest BCUT2D eigenvalue weighted by molar-refractivity contribution is -0.0509. The van der Waals surface area contributed by atoms with E-state index in [0.29, 0.717) is 41.7 Å². The van der Waals surface area contributed by atoms with Crippen LogP contribution in [0.15, 0.2) is 18.2 Å². The Bertz CT molecular complexity index is 1250. The molecule has 0 unspecified atom stereocenters. The monoisotopic (exact) mass is 523 g/mol. The second-order valence-electron chi connectivity index (χ2n) is 9.23. The third-order valence-corrected chi connectivity index (χ3v) is 6.97. The summed E-state index contributed by atoms with van der Waals surface area (Å²) in [6, 6.07) is 4.25. The molecule has 4 atom stereocenters. The van der Waals surface area contributed by atoms with Crippen LogP contribution in [0.2, 0.25) is 5.02 Å². The van der Waals surface area contributed by atoms with Crippen molar-refractivity contribution in [2.75, 3.05) is 33.0 Å². The van der Waals surface area contributed by atoms with Gasteiger partial charge in [0.15, 0.2) is 11.8 Å². The molecule has 5 heterocycles. The van der Waals surface area contributed by atoms with Gasteiger partial charge in [0.1, 0.15) is 35.7 Å². The molecular weight excluding hydrogens is 500 g/mol. The minimum Gasteiger partial charge on any atom is -0.493 e. The fraction of sp³-hybridized carbons (Fsp3) is 0.500. The summed E-state index contributed by atoms with van der Waals surface area (Å²) in [4.78, 5) is 11.8. The van der Waals surface area contributed by atoms with Gasteiger partial charge in [-0.3, -0.25) is 0 Å². The summed E-state index contributed by atoms with van der Waals surface area (Å²) in [6.07, 6.45) is -1.64. The van der Waals surface area contributed by atoms with Crippen LogP contribution in [0, 0.1) is 17.6 Å². The van der Waals surface area contributed by atoms with Crippen molar-refractivity contribution in [3.63, 3.8) is 0 Å². The van der Waals surface area contributed by atoms with Gasteiger partial charge in [0.25, 0.3) is 6.01 Å². The fourth-order valence-electron chi connectivity index (χ4n) is 4.59. The van der Waals surface area contributed by atoms with E-state index in [1.165, 1.54) is 12.1 Å². The normalized spacial score (nSPS) is 25.8. The van der Waals surface area contributed by atoms with Crippen molar-refractivity contribution >= 4 is 22.8 Å². The van der Waals surface area contributed by atoms with Crippen LogP contribution in [-0.2, 0) is 27.1 Å². The number of nitrogens with zero attached hydrogens (tertiary/aromatic N) is 2. The molecule has 0 spiro atoms. The van der Waals surface area contributed by atoms with E-state index >= 15 is 0 Å². The van der Waals surface area contributed by atoms with Crippen molar-refractivity contribution in [1.82, 2.24) is 15.0 Å². The average molecular weight is 524 g/mol. The first-order valence-corrected chi connectivity index (χ1v) is 12.1. The Balaban J connectivity index is 1.13. The number of pyridine rings is 1. The molecular formula is C24H24ClF2N3O6. The van der Waals surface area contributed by atoms with E-state index in [-0.39, 0.29) is 55.4 Å². The topological polar surface area (TPSA) is 108 Å². The predicted molar refractivity (Wildman–Crippen MR) is 122 cm³/mol. The van der Waals surface area contributed by atoms with Gasteiger partial charge in [-0.2, -0.15) is 4.98 Å². The van der Waals surface area contributed by atoms with E-state index in [9.17, 15) is 13.9 Å². The first kappa shape index (κ1) is 23.8. The van der Waals surface area contributed by atoms with E-state index in [1.54, 1.807) is 6.07 Å². The molecule has 6 rings (SSSR count). The van der Waals surface area contributed by atoms with Gasteiger partial charge in [-0.1, -0.05) is 11.6 Å². The molecule has 3 fully saturated rings. The number of ether oxygens (including phenoxy) is 5. The molecule has 3 aliphatic rings. The molecule has 0 radical (unpaired) electrons. The third-order valence-electron chi connectivity index (χ3n) is 6.64. The molecule has 3 aliphatic heterocycles. The second kappa shape index (κ2) is 9.71. The van der Waals surface area contributed by atoms with E-state index in [1.807, 2.05) is 0 Å². The van der Waals surface area contributed by atoms with Crippen molar-refractivity contribution < 1.29 is 37.6 Å². The molecule has 36 heavy (non-hydrogen) atoms. The molecule has 2 aromatic heterocycles. The Morgan fingerprint density at radius 1 is 1.03 bits per heavy atom. The smallest absolute Gasteiger partial charge is 0.296 e. The summed E-state index contributed by atoms with van der Waals surface area (Å²) in [5.74, 6) is -0.962. The summed E-state index contributed by atoms with van der Waals surface area (Å²) in [5, 5.41) is 10.2. The minimum absolute atomic E-state index is 0.0581. The maximum Gasteiger partial charge on any atom is 0.296 e. The number of halogens is 3. The largest absolute Gasteiger partial charge is 0.493 e. The molecule has 3 aromatic rings. The third kappa shape index (κ3) is 4.61. The molecule has 2 N–H and O–H groups in total. The average Bonchev–Trinajstić information content (AvgIpc) is 3.49. The molecule has 1 aromatic carbocycles. The van der Waals surface area contributed by atoms with Crippen LogP contribution in [0.3, 0.4) is 0 Å². The number of rotatable bonds is 8. The molecule has 0 bridgehead atoms. The number of benzene rings is 1. The Hall–Kier alpha value is -2.57. The lowest BCUT2D eigenvalue weighted by Crippen LogP contribution is -2.34. The highest BCUT2D eigenvalue weighted by molar-refractivity contribution is 6.31. The van der Waals surface area contributed by atoms with Gasteiger partial charge in [0, 0.05) is 23.6 Å². The summed E-state index contributed by atoms with van der Waals surface area (Å²) < 4.78 is 56.9. The van der Waals surface area contributed by atoms with Crippen LogP contribution < -0.4 is 9.47 Å². The first-order chi connectivity index (χ1) is 17.4. The number of hydrogen-bond acceptors (Lipinski definition) is 8. The summed E-state index contributed by atoms with van der Waals surface area (Å²) >= 11 is 6.40. The number of fused-ring (bicyclic) bond motifs is 2. The Morgan fingerprint density at radius 3 is 2.56 bits per heavy atom. The van der Waals surface area contributed by atoms with Crippen LogP contribution in [0.5, 0.6) is 11.8 Å². The van der Waals surface area contributed by atoms with Crippen molar-refractivity contribution in [1.29, 1.82) is 0 Å². The minimum atomic E-state index is -0.682. The Morgan fingerprint density at radius 2 is 1.81 bits per heavy atom. The molecule has 0 aliphatic carbocycles. The number of aryl methyl sites for hydroxylation is 1. The standard InChI is InChI=1S/C24H24ClF2N3O6/c25-14-5-18-23(30-24(29-18)36-20-10-35-21-19(31)9-34-22(20)21)28-17(14)2-1-13-15(26)3-12(4-16(13)27)33-8-11-6-32-7-11/h3-5,11,19-22,31H,1-2,6-10H2,(H,28,29,30)/t19-,20-,21-,22-/m1/s1. The van der Waals surface area contributed by atoms with E-state index in [4.69, 9.17) is 35.3 Å². The van der Waals surface area contributed by atoms with Crippen LogP contribution >= 0.6 is 11.6 Å². The molecule has 0 saturated carbocycles. The van der Waals surface area contributed by atoms with E-state index in [0.717, 1.165) is 0 Å². The van der Waals surface area contributed by atoms with E-state index in [2.05, 4.69) is 15.0 Å². The first-order valence-electron chi connectivity index (χ1n) is 11.8. The highest BCUT2D eigenvalue weighted by Crippen LogP contribution is 2.31. The van der Waals surface area contributed by atoms with Gasteiger partial charge in [-0.15, -0.1) is 0 Å². The second-order valence-corrected chi connectivity index (χ2v) is 9.64. The van der Waals surface area contributed by atoms with Gasteiger partial charge >= 0.3 is 0 Å². The van der Waals surface area contributed by atoms with E-state index < -0.39 is 29.9 Å². The van der Waals surface area contributed by atoms with Gasteiger partial charge in [0.05, 0.1) is 49.3 Å². The predicted octanol–water partition coefficient (Wildman–Crippen LogP) is 2.61. The number of H-pyrrole nitrogens is 1. The molecule has 0 amide bonds. The number of hydrogen-bond donors (Lipinski definition) is 2. The van der Waals surface area contributed by atoms with Crippen molar-refractivity contribution in [2.24, 2.45) is 5.92 Å². The maximum atomic E-state index is 14.6. The van der Waals surface area contributed by atoms with Gasteiger partial charge < -0.3 is 33.8 Å². The quantitative estimate of drug-likeness (QED) is 0.464. The van der Waals surface area contributed by atoms with Crippen LogP contribution in [0.4, 0.5) is 8.78 Å². The number of imidazole rings is 1. The van der Waals surface area contributed by atoms with Gasteiger partial charge in [0.2, 0.25) is 0 Å². The summed E-state index contributed by atoms with van der Waals surface area (Å²) in [7, 11) is 0. The van der Waals surface area contributed by atoms with Crippen LogP contribution in [0.25, 0.3) is 11.2 Å². The summed E-state index contributed by atoms with van der Waals surface area (Å²) in [5.41, 5.74) is 1.31. The SMILES string of the molecule is O[C@@H]1CO[C@H]2[C@@H]1OC[C@H]2Oc1nc2nc(CCc3c(F)cc(OCC4COC4)cc3F)c(Cl)cc2[nH]1. The number of aromatic amines is 1. The van der Waals surface area contributed by atoms with Crippen molar-refractivity contribution in [3.8, 4) is 11.8 Å². The molecule has 9 nitrogen and oxygen atoms in total. The lowest BCUT2D eigenvalue weighted by atomic mass is 10.1. The van der Waals surface area contributed by atoms with Crippen LogP contribution in [-0.4, -0.2) is 77.5 Å². The zero-order chi connectivity index (χ0) is 24.8. The summed E-state index contributed by atoms with van der Waals surface area (Å²) in [6.45, 7) is 2.01. The highest BCUT2D eigenvalue weighted by Gasteiger charge is 2.48. The zero-order valence-electron chi connectivity index (χ0n) is 19.1. The van der Waals surface area contributed by atoms with Crippen molar-refractivity contribution in [3.05, 3.63) is 46.1 Å². The Kier molecular flexibility index (Phi) is 6.42. The van der Waals surface area contributed by atoms with Crippen molar-refractivity contribution in [2.45, 2.75) is 37.3 Å². The number of aliphatic hydroxyl groups excluding tert-OH is 1.